The molecule has 1 fully saturated rings. The van der Waals surface area contributed by atoms with Crippen molar-refractivity contribution in [1.82, 2.24) is 0 Å². The van der Waals surface area contributed by atoms with E-state index in [4.69, 9.17) is 9.47 Å². The van der Waals surface area contributed by atoms with E-state index < -0.39 is 10.7 Å². The molecule has 0 aliphatic carbocycles. The first-order valence-corrected chi connectivity index (χ1v) is 6.34. The van der Waals surface area contributed by atoms with Crippen LogP contribution < -0.4 is 4.90 Å². The van der Waals surface area contributed by atoms with Crippen LogP contribution in [0.5, 0.6) is 0 Å². The Hall–Kier alpha value is -1.73. The van der Waals surface area contributed by atoms with E-state index in [0.717, 1.165) is 6.07 Å². The van der Waals surface area contributed by atoms with E-state index in [1.807, 2.05) is 11.8 Å². The van der Waals surface area contributed by atoms with Crippen LogP contribution in [0.15, 0.2) is 18.2 Å². The summed E-state index contributed by atoms with van der Waals surface area (Å²) < 4.78 is 23.9. The summed E-state index contributed by atoms with van der Waals surface area (Å²) in [5.74, 6) is -0.616. The molecule has 2 unspecified atom stereocenters. The summed E-state index contributed by atoms with van der Waals surface area (Å²) in [5.41, 5.74) is 0.183. The number of nitro benzene ring substituents is 1. The Labute approximate surface area is 116 Å². The first-order valence-electron chi connectivity index (χ1n) is 6.34. The van der Waals surface area contributed by atoms with Crippen molar-refractivity contribution in [3.05, 3.63) is 34.1 Å². The van der Waals surface area contributed by atoms with Crippen molar-refractivity contribution in [2.45, 2.75) is 19.1 Å². The van der Waals surface area contributed by atoms with E-state index in [1.165, 1.54) is 12.1 Å². The van der Waals surface area contributed by atoms with E-state index in [2.05, 4.69) is 0 Å². The van der Waals surface area contributed by atoms with Gasteiger partial charge < -0.3 is 14.4 Å². The zero-order chi connectivity index (χ0) is 14.7. The topological polar surface area (TPSA) is 64.8 Å². The van der Waals surface area contributed by atoms with Crippen molar-refractivity contribution in [2.75, 3.05) is 31.7 Å². The fourth-order valence-electron chi connectivity index (χ4n) is 2.43. The minimum Gasteiger partial charge on any atom is -0.382 e. The van der Waals surface area contributed by atoms with Crippen molar-refractivity contribution < 1.29 is 18.8 Å². The largest absolute Gasteiger partial charge is 0.382 e. The SMILES string of the molecule is COCC1CN(c2ccc(F)cc2[N+](=O)[O-])CC(C)O1. The van der Waals surface area contributed by atoms with Crippen molar-refractivity contribution >= 4 is 11.4 Å². The summed E-state index contributed by atoms with van der Waals surface area (Å²) in [5, 5.41) is 11.1. The Balaban J connectivity index is 2.28. The summed E-state index contributed by atoms with van der Waals surface area (Å²) >= 11 is 0. The number of halogens is 1. The molecule has 1 aliphatic heterocycles. The molecule has 0 saturated carbocycles. The minimum absolute atomic E-state index is 0.0754. The average Bonchev–Trinajstić information content (AvgIpc) is 2.38. The van der Waals surface area contributed by atoms with Gasteiger partial charge in [-0.1, -0.05) is 0 Å². The second-order valence-electron chi connectivity index (χ2n) is 4.82. The molecule has 0 radical (unpaired) electrons. The van der Waals surface area contributed by atoms with Crippen LogP contribution in [0.4, 0.5) is 15.8 Å². The lowest BCUT2D eigenvalue weighted by atomic mass is 10.1. The molecule has 0 amide bonds. The smallest absolute Gasteiger partial charge is 0.295 e. The summed E-state index contributed by atoms with van der Waals surface area (Å²) in [6.07, 6.45) is -0.234. The van der Waals surface area contributed by atoms with Gasteiger partial charge in [0, 0.05) is 20.2 Å². The molecule has 0 aromatic heterocycles. The van der Waals surface area contributed by atoms with Gasteiger partial charge in [-0.3, -0.25) is 10.1 Å². The van der Waals surface area contributed by atoms with Crippen LogP contribution in [0.1, 0.15) is 6.92 Å². The van der Waals surface area contributed by atoms with E-state index in [-0.39, 0.29) is 17.9 Å². The molecule has 0 bridgehead atoms. The van der Waals surface area contributed by atoms with Crippen molar-refractivity contribution in [3.63, 3.8) is 0 Å². The summed E-state index contributed by atoms with van der Waals surface area (Å²) in [6, 6.07) is 3.62. The van der Waals surface area contributed by atoms with Gasteiger partial charge in [0.1, 0.15) is 11.5 Å². The third kappa shape index (κ3) is 3.23. The molecule has 110 valence electrons. The first kappa shape index (κ1) is 14.7. The number of hydrogen-bond donors (Lipinski definition) is 0. The van der Waals surface area contributed by atoms with Crippen LogP contribution in [0.25, 0.3) is 0 Å². The molecule has 7 heteroatoms. The second kappa shape index (κ2) is 6.15. The van der Waals surface area contributed by atoms with E-state index >= 15 is 0 Å². The van der Waals surface area contributed by atoms with E-state index in [1.54, 1.807) is 7.11 Å². The molecule has 0 spiro atoms. The molecule has 1 saturated heterocycles. The van der Waals surface area contributed by atoms with Gasteiger partial charge in [-0.05, 0) is 19.1 Å². The molecule has 1 aromatic rings. The van der Waals surface area contributed by atoms with Crippen molar-refractivity contribution in [2.24, 2.45) is 0 Å². The Morgan fingerprint density at radius 1 is 1.55 bits per heavy atom. The maximum atomic E-state index is 13.2. The molecule has 6 nitrogen and oxygen atoms in total. The van der Waals surface area contributed by atoms with E-state index in [0.29, 0.717) is 25.4 Å². The quantitative estimate of drug-likeness (QED) is 0.625. The Bertz CT molecular complexity index is 497. The molecule has 2 rings (SSSR count). The minimum atomic E-state index is -0.616. The highest BCUT2D eigenvalue weighted by Gasteiger charge is 2.29. The number of nitro groups is 1. The normalized spacial score (nSPS) is 22.9. The Morgan fingerprint density at radius 2 is 2.30 bits per heavy atom. The fourth-order valence-corrected chi connectivity index (χ4v) is 2.43. The van der Waals surface area contributed by atoms with Crippen LogP contribution in [-0.4, -0.2) is 43.9 Å². The monoisotopic (exact) mass is 284 g/mol. The van der Waals surface area contributed by atoms with Gasteiger partial charge >= 0.3 is 0 Å². The molecule has 20 heavy (non-hydrogen) atoms. The maximum absolute atomic E-state index is 13.2. The maximum Gasteiger partial charge on any atom is 0.295 e. The third-order valence-corrected chi connectivity index (χ3v) is 3.15. The molecule has 1 heterocycles. The predicted octanol–water partition coefficient (Wildman–Crippen LogP) is 1.97. The van der Waals surface area contributed by atoms with Crippen LogP contribution in [0.3, 0.4) is 0 Å². The Morgan fingerprint density at radius 3 is 2.95 bits per heavy atom. The van der Waals surface area contributed by atoms with Crippen molar-refractivity contribution in [3.8, 4) is 0 Å². The molecular weight excluding hydrogens is 267 g/mol. The fraction of sp³-hybridized carbons (Fsp3) is 0.538. The number of methoxy groups -OCH3 is 1. The van der Waals surface area contributed by atoms with E-state index in [9.17, 15) is 14.5 Å². The average molecular weight is 284 g/mol. The predicted molar refractivity (Wildman–Crippen MR) is 71.5 cm³/mol. The lowest BCUT2D eigenvalue weighted by Crippen LogP contribution is -2.48. The number of ether oxygens (including phenoxy) is 2. The standard InChI is InChI=1S/C13H17FN2O4/c1-9-6-15(7-11(20-9)8-19-2)12-4-3-10(14)5-13(12)16(17)18/h3-5,9,11H,6-8H2,1-2H3. The third-order valence-electron chi connectivity index (χ3n) is 3.15. The molecule has 1 aliphatic rings. The lowest BCUT2D eigenvalue weighted by molar-refractivity contribution is -0.384. The van der Waals surface area contributed by atoms with Gasteiger partial charge in [-0.2, -0.15) is 0 Å². The number of anilines is 1. The second-order valence-corrected chi connectivity index (χ2v) is 4.82. The number of benzene rings is 1. The summed E-state index contributed by atoms with van der Waals surface area (Å²) in [7, 11) is 1.58. The number of hydrogen-bond acceptors (Lipinski definition) is 5. The highest BCUT2D eigenvalue weighted by Crippen LogP contribution is 2.31. The lowest BCUT2D eigenvalue weighted by Gasteiger charge is -2.37. The zero-order valence-corrected chi connectivity index (χ0v) is 11.4. The number of morpholine rings is 1. The van der Waals surface area contributed by atoms with Gasteiger partial charge in [0.25, 0.3) is 5.69 Å². The molecule has 0 N–H and O–H groups in total. The van der Waals surface area contributed by atoms with Crippen LogP contribution in [0.2, 0.25) is 0 Å². The zero-order valence-electron chi connectivity index (χ0n) is 11.4. The van der Waals surface area contributed by atoms with Crippen LogP contribution in [0, 0.1) is 15.9 Å². The van der Waals surface area contributed by atoms with Gasteiger partial charge in [0.15, 0.2) is 0 Å². The van der Waals surface area contributed by atoms with Crippen LogP contribution >= 0.6 is 0 Å². The van der Waals surface area contributed by atoms with Crippen LogP contribution in [-0.2, 0) is 9.47 Å². The number of rotatable bonds is 4. The van der Waals surface area contributed by atoms with Gasteiger partial charge in [-0.15, -0.1) is 0 Å². The molecular formula is C13H17FN2O4. The number of nitrogens with zero attached hydrogens (tertiary/aromatic N) is 2. The highest BCUT2D eigenvalue weighted by molar-refractivity contribution is 5.63. The van der Waals surface area contributed by atoms with Crippen molar-refractivity contribution in [1.29, 1.82) is 0 Å². The summed E-state index contributed by atoms with van der Waals surface area (Å²) in [4.78, 5) is 12.3. The molecule has 1 aromatic carbocycles. The van der Waals surface area contributed by atoms with Gasteiger partial charge in [0.05, 0.1) is 29.8 Å². The van der Waals surface area contributed by atoms with Gasteiger partial charge in [0.2, 0.25) is 0 Å². The highest BCUT2D eigenvalue weighted by atomic mass is 19.1. The Kier molecular flexibility index (Phi) is 4.51. The first-order chi connectivity index (χ1) is 9.51. The molecule has 2 atom stereocenters. The summed E-state index contributed by atoms with van der Waals surface area (Å²) in [6.45, 7) is 3.30. The van der Waals surface area contributed by atoms with Gasteiger partial charge in [-0.25, -0.2) is 4.39 Å².